The maximum atomic E-state index is 13.2. The molecule has 7 heteroatoms. The molecular formula is C21H32N4O3. The van der Waals surface area contributed by atoms with Gasteiger partial charge in [-0.1, -0.05) is 24.4 Å². The van der Waals surface area contributed by atoms with Gasteiger partial charge in [-0.15, -0.1) is 0 Å². The summed E-state index contributed by atoms with van der Waals surface area (Å²) in [5.74, 6) is 1.12. The number of aromatic nitrogens is 1. The maximum absolute atomic E-state index is 13.2. The van der Waals surface area contributed by atoms with Gasteiger partial charge in [-0.3, -0.25) is 9.59 Å². The lowest BCUT2D eigenvalue weighted by Gasteiger charge is -2.48. The van der Waals surface area contributed by atoms with E-state index in [1.165, 1.54) is 6.42 Å². The number of amides is 2. The van der Waals surface area contributed by atoms with Crippen LogP contribution in [0.15, 0.2) is 4.52 Å². The number of hydrogen-bond donors (Lipinski definition) is 2. The number of nitrogens with zero attached hydrogens (tertiary/aromatic N) is 2. The van der Waals surface area contributed by atoms with E-state index in [0.29, 0.717) is 25.4 Å². The predicted octanol–water partition coefficient (Wildman–Crippen LogP) is 2.65. The first-order chi connectivity index (χ1) is 13.4. The molecular weight excluding hydrogens is 356 g/mol. The molecule has 2 aliphatic carbocycles. The molecule has 1 aromatic rings. The summed E-state index contributed by atoms with van der Waals surface area (Å²) in [4.78, 5) is 27.2. The molecule has 4 rings (SSSR count). The highest BCUT2D eigenvalue weighted by Crippen LogP contribution is 2.48. The van der Waals surface area contributed by atoms with Gasteiger partial charge >= 0.3 is 0 Å². The Balaban J connectivity index is 1.58. The second kappa shape index (κ2) is 7.50. The van der Waals surface area contributed by atoms with Crippen LogP contribution in [0.1, 0.15) is 98.4 Å². The molecule has 0 radical (unpaired) electrons. The number of carbonyl (C=O) groups excluding carboxylic acids is 2. The van der Waals surface area contributed by atoms with Gasteiger partial charge in [0.05, 0.1) is 5.54 Å². The number of carbonyl (C=O) groups is 2. The third kappa shape index (κ3) is 3.45. The molecule has 1 aliphatic heterocycles. The first-order valence-electron chi connectivity index (χ1n) is 10.8. The second-order valence-electron chi connectivity index (χ2n) is 9.16. The van der Waals surface area contributed by atoms with E-state index in [9.17, 15) is 9.59 Å². The van der Waals surface area contributed by atoms with Gasteiger partial charge in [-0.05, 0) is 51.4 Å². The van der Waals surface area contributed by atoms with Crippen LogP contribution in [0.2, 0.25) is 0 Å². The van der Waals surface area contributed by atoms with E-state index in [0.717, 1.165) is 56.3 Å². The van der Waals surface area contributed by atoms with E-state index in [4.69, 9.17) is 16.0 Å². The Hall–Kier alpha value is -1.89. The van der Waals surface area contributed by atoms with Gasteiger partial charge < -0.3 is 20.9 Å². The van der Waals surface area contributed by atoms with Crippen LogP contribution in [-0.4, -0.2) is 40.5 Å². The highest BCUT2D eigenvalue weighted by Gasteiger charge is 2.45. The summed E-state index contributed by atoms with van der Waals surface area (Å²) in [6.45, 7) is 3.13. The molecule has 2 amide bonds. The highest BCUT2D eigenvalue weighted by molar-refractivity contribution is 5.92. The predicted molar refractivity (Wildman–Crippen MR) is 105 cm³/mol. The molecule has 28 heavy (non-hydrogen) atoms. The molecule has 2 atom stereocenters. The molecule has 3 aliphatic rings. The maximum Gasteiger partial charge on any atom is 0.271 e. The van der Waals surface area contributed by atoms with E-state index in [2.05, 4.69) is 12.1 Å². The zero-order chi connectivity index (χ0) is 19.9. The molecule has 0 spiro atoms. The Morgan fingerprint density at radius 2 is 1.86 bits per heavy atom. The van der Waals surface area contributed by atoms with E-state index < -0.39 is 11.4 Å². The topological polar surface area (TPSA) is 115 Å². The fourth-order valence-electron chi connectivity index (χ4n) is 5.21. The molecule has 2 saturated carbocycles. The summed E-state index contributed by atoms with van der Waals surface area (Å²) in [5, 5.41) is 3.99. The van der Waals surface area contributed by atoms with Gasteiger partial charge in [0, 0.05) is 30.5 Å². The Labute approximate surface area is 166 Å². The molecule has 2 unspecified atom stereocenters. The average molecular weight is 389 g/mol. The van der Waals surface area contributed by atoms with E-state index in [1.807, 2.05) is 4.90 Å². The molecule has 1 saturated heterocycles. The van der Waals surface area contributed by atoms with Gasteiger partial charge in [0.2, 0.25) is 5.91 Å². The molecule has 1 aromatic heterocycles. The minimum atomic E-state index is -0.541. The lowest BCUT2D eigenvalue weighted by atomic mass is 9.75. The lowest BCUT2D eigenvalue weighted by molar-refractivity contribution is -0.145. The van der Waals surface area contributed by atoms with Crippen LogP contribution in [0.3, 0.4) is 0 Å². The standard InChI is InChI=1S/C21H32N4O3/c1-21(12-22)11-15(9-10-25(21)20(27)14-5-3-2-4-6-14)16-17(19(23)26)24-28-18(16)13-7-8-13/h13-15H,2-12,22H2,1H3,(H2,23,26). The number of nitrogens with two attached hydrogens (primary N) is 2. The third-order valence-electron chi connectivity index (χ3n) is 7.04. The van der Waals surface area contributed by atoms with E-state index in [1.54, 1.807) is 0 Å². The Bertz CT molecular complexity index is 751. The van der Waals surface area contributed by atoms with Crippen LogP contribution in [0.5, 0.6) is 0 Å². The van der Waals surface area contributed by atoms with Crippen molar-refractivity contribution in [1.82, 2.24) is 10.1 Å². The molecule has 154 valence electrons. The summed E-state index contributed by atoms with van der Waals surface area (Å²) >= 11 is 0. The molecule has 0 bridgehead atoms. The van der Waals surface area contributed by atoms with Gasteiger partial charge in [0.15, 0.2) is 5.69 Å². The number of primary amides is 1. The number of rotatable bonds is 5. The third-order valence-corrected chi connectivity index (χ3v) is 7.04. The minimum Gasteiger partial charge on any atom is -0.364 e. The lowest BCUT2D eigenvalue weighted by Crippen LogP contribution is -2.59. The van der Waals surface area contributed by atoms with Crippen molar-refractivity contribution in [3.05, 3.63) is 17.0 Å². The van der Waals surface area contributed by atoms with Gasteiger partial charge in [0.1, 0.15) is 5.76 Å². The summed E-state index contributed by atoms with van der Waals surface area (Å²) in [5.41, 5.74) is 12.5. The van der Waals surface area contributed by atoms with Crippen molar-refractivity contribution in [3.63, 3.8) is 0 Å². The fraction of sp³-hybridized carbons (Fsp3) is 0.762. The summed E-state index contributed by atoms with van der Waals surface area (Å²) in [7, 11) is 0. The monoisotopic (exact) mass is 388 g/mol. The number of piperidine rings is 1. The van der Waals surface area contributed by atoms with E-state index in [-0.39, 0.29) is 23.4 Å². The second-order valence-corrected chi connectivity index (χ2v) is 9.16. The van der Waals surface area contributed by atoms with Crippen LogP contribution in [0, 0.1) is 5.92 Å². The fourth-order valence-corrected chi connectivity index (χ4v) is 5.21. The van der Waals surface area contributed by atoms with Crippen LogP contribution < -0.4 is 11.5 Å². The summed E-state index contributed by atoms with van der Waals surface area (Å²) in [6.07, 6.45) is 9.11. The Morgan fingerprint density at radius 3 is 2.46 bits per heavy atom. The van der Waals surface area contributed by atoms with Crippen molar-refractivity contribution in [2.24, 2.45) is 17.4 Å². The summed E-state index contributed by atoms with van der Waals surface area (Å²) in [6, 6.07) is 0. The zero-order valence-corrected chi connectivity index (χ0v) is 16.8. The van der Waals surface area contributed by atoms with Gasteiger partial charge in [-0.25, -0.2) is 0 Å². The number of likely N-dealkylation sites (tertiary alicyclic amines) is 1. The smallest absolute Gasteiger partial charge is 0.271 e. The quantitative estimate of drug-likeness (QED) is 0.804. The van der Waals surface area contributed by atoms with Crippen molar-refractivity contribution >= 4 is 11.8 Å². The molecule has 4 N–H and O–H groups in total. The van der Waals surface area contributed by atoms with Gasteiger partial charge in [-0.2, -0.15) is 0 Å². The Kier molecular flexibility index (Phi) is 5.21. The molecule has 2 heterocycles. The summed E-state index contributed by atoms with van der Waals surface area (Å²) < 4.78 is 5.54. The van der Waals surface area contributed by atoms with Crippen LogP contribution in [-0.2, 0) is 4.79 Å². The van der Waals surface area contributed by atoms with Crippen molar-refractivity contribution in [2.75, 3.05) is 13.1 Å². The van der Waals surface area contributed by atoms with Crippen LogP contribution in [0.4, 0.5) is 0 Å². The SMILES string of the molecule is CC1(CN)CC(c2c(C(N)=O)noc2C2CC2)CCN1C(=O)C1CCCCC1. The first kappa shape index (κ1) is 19.4. The van der Waals surface area contributed by atoms with Crippen molar-refractivity contribution in [1.29, 1.82) is 0 Å². The van der Waals surface area contributed by atoms with Gasteiger partial charge in [0.25, 0.3) is 5.91 Å². The van der Waals surface area contributed by atoms with Crippen molar-refractivity contribution in [3.8, 4) is 0 Å². The zero-order valence-electron chi connectivity index (χ0n) is 16.8. The minimum absolute atomic E-state index is 0.0910. The van der Waals surface area contributed by atoms with Crippen molar-refractivity contribution < 1.29 is 14.1 Å². The Morgan fingerprint density at radius 1 is 1.14 bits per heavy atom. The van der Waals surface area contributed by atoms with Crippen LogP contribution >= 0.6 is 0 Å². The average Bonchev–Trinajstić information content (AvgIpc) is 3.45. The number of hydrogen-bond acceptors (Lipinski definition) is 5. The molecule has 0 aromatic carbocycles. The normalized spacial score (nSPS) is 29.1. The first-order valence-corrected chi connectivity index (χ1v) is 10.8. The largest absolute Gasteiger partial charge is 0.364 e. The molecule has 7 nitrogen and oxygen atoms in total. The van der Waals surface area contributed by atoms with Crippen LogP contribution in [0.25, 0.3) is 0 Å². The molecule has 3 fully saturated rings. The highest BCUT2D eigenvalue weighted by atomic mass is 16.5. The van der Waals surface area contributed by atoms with Crippen molar-refractivity contribution in [2.45, 2.75) is 82.1 Å². The van der Waals surface area contributed by atoms with E-state index >= 15 is 0 Å².